The molecule has 2 aromatic carbocycles. The number of anilines is 1. The van der Waals surface area contributed by atoms with Crippen molar-refractivity contribution in [2.75, 3.05) is 25.0 Å². The number of halogens is 1. The lowest BCUT2D eigenvalue weighted by Gasteiger charge is -2.50. The normalized spacial score (nSPS) is 18.9. The third-order valence-electron chi connectivity index (χ3n) is 7.87. The second-order valence-electron chi connectivity index (χ2n) is 10.0. The van der Waals surface area contributed by atoms with Crippen molar-refractivity contribution in [3.05, 3.63) is 59.4 Å². The van der Waals surface area contributed by atoms with E-state index in [1.165, 1.54) is 0 Å². The minimum atomic E-state index is -1.08. The van der Waals surface area contributed by atoms with Crippen LogP contribution in [0.5, 0.6) is 0 Å². The largest absolute Gasteiger partial charge is 0.480 e. The fourth-order valence-corrected chi connectivity index (χ4v) is 5.48. The number of carbonyl (C=O) groups excluding carboxylic acids is 1. The number of aromatic nitrogens is 2. The predicted molar refractivity (Wildman–Crippen MR) is 149 cm³/mol. The van der Waals surface area contributed by atoms with Gasteiger partial charge in [-0.1, -0.05) is 6.07 Å². The number of carbonyl (C=O) groups is 2. The van der Waals surface area contributed by atoms with Crippen molar-refractivity contribution in [2.45, 2.75) is 44.3 Å². The van der Waals surface area contributed by atoms with Crippen LogP contribution in [0.3, 0.4) is 0 Å². The van der Waals surface area contributed by atoms with E-state index in [1.807, 2.05) is 58.7 Å². The number of nitrogens with one attached hydrogen (secondary N) is 2. The summed E-state index contributed by atoms with van der Waals surface area (Å²) in [5.74, 6) is -0.0824. The highest BCUT2D eigenvalue weighted by Crippen LogP contribution is 2.39. The smallest absolute Gasteiger partial charge is 0.321 e. The number of hydrogen-bond donors (Lipinski definition) is 4. The van der Waals surface area contributed by atoms with E-state index in [0.717, 1.165) is 41.0 Å². The molecule has 2 aliphatic heterocycles. The van der Waals surface area contributed by atoms with Crippen LogP contribution in [0.1, 0.15) is 43.1 Å². The molecular weight excluding hydrogens is 506 g/mol. The average Bonchev–Trinajstić information content (AvgIpc) is 3.49. The third kappa shape index (κ3) is 4.69. The first kappa shape index (κ1) is 27.4. The predicted octanol–water partition coefficient (Wildman–Crippen LogP) is 2.89. The van der Waals surface area contributed by atoms with Crippen LogP contribution in [0.15, 0.2) is 42.5 Å². The summed E-state index contributed by atoms with van der Waals surface area (Å²) in [5, 5.41) is 20.6. The number of nitrogens with two attached hydrogens (primary N) is 1. The summed E-state index contributed by atoms with van der Waals surface area (Å²) in [4.78, 5) is 34.3. The summed E-state index contributed by atoms with van der Waals surface area (Å²) >= 11 is 0. The summed E-state index contributed by atoms with van der Waals surface area (Å²) in [6.07, 6.45) is 2.47. The van der Waals surface area contributed by atoms with Gasteiger partial charge in [-0.3, -0.25) is 19.9 Å². The van der Waals surface area contributed by atoms with E-state index in [0.29, 0.717) is 38.2 Å². The van der Waals surface area contributed by atoms with Crippen LogP contribution in [0.25, 0.3) is 11.0 Å². The molecule has 0 bridgehead atoms. The summed E-state index contributed by atoms with van der Waals surface area (Å²) in [6, 6.07) is 12.5. The molecule has 0 spiro atoms. The average molecular weight is 540 g/mol. The van der Waals surface area contributed by atoms with E-state index in [9.17, 15) is 14.7 Å². The number of imidazole rings is 1. The molecule has 38 heavy (non-hydrogen) atoms. The molecule has 2 atom stereocenters. The zero-order valence-corrected chi connectivity index (χ0v) is 22.4. The Labute approximate surface area is 227 Å². The van der Waals surface area contributed by atoms with Gasteiger partial charge in [0, 0.05) is 37.9 Å². The van der Waals surface area contributed by atoms with Crippen molar-refractivity contribution in [2.24, 2.45) is 12.8 Å². The first-order valence-electron chi connectivity index (χ1n) is 12.6. The summed E-state index contributed by atoms with van der Waals surface area (Å²) in [7, 11) is 1.95. The fraction of sp³-hybridized carbons (Fsp3) is 0.407. The Morgan fingerprint density at radius 2 is 1.84 bits per heavy atom. The third-order valence-corrected chi connectivity index (χ3v) is 7.87. The quantitative estimate of drug-likeness (QED) is 0.255. The van der Waals surface area contributed by atoms with Crippen LogP contribution in [0, 0.1) is 5.41 Å². The van der Waals surface area contributed by atoms with E-state index in [2.05, 4.69) is 5.32 Å². The molecule has 0 radical (unpaired) electrons. The SMILES string of the molecule is Cl.Cn1c(CNc2ccc(C(=N)N)cc2)nc2cc(C(C)(C(=O)N3CCCC3)N3CCC3C(=O)O)ccc21. The molecule has 2 fully saturated rings. The molecule has 2 unspecified atom stereocenters. The van der Waals surface area contributed by atoms with Gasteiger partial charge in [-0.25, -0.2) is 4.98 Å². The molecule has 1 aromatic heterocycles. The number of likely N-dealkylation sites (tertiary alicyclic amines) is 2. The molecule has 2 aliphatic rings. The van der Waals surface area contributed by atoms with Gasteiger partial charge in [-0.05, 0) is 68.1 Å². The molecule has 10 nitrogen and oxygen atoms in total. The van der Waals surface area contributed by atoms with Gasteiger partial charge in [0.1, 0.15) is 23.2 Å². The number of aryl methyl sites for hydroxylation is 1. The highest BCUT2D eigenvalue weighted by molar-refractivity contribution is 5.95. The lowest BCUT2D eigenvalue weighted by Crippen LogP contribution is -2.65. The number of nitrogens with zero attached hydrogens (tertiary/aromatic N) is 4. The number of rotatable bonds is 8. The molecule has 2 saturated heterocycles. The summed E-state index contributed by atoms with van der Waals surface area (Å²) in [5.41, 5.74) is 8.47. The van der Waals surface area contributed by atoms with E-state index >= 15 is 0 Å². The lowest BCUT2D eigenvalue weighted by molar-refractivity contribution is -0.163. The van der Waals surface area contributed by atoms with Crippen LogP contribution >= 0.6 is 12.4 Å². The first-order valence-corrected chi connectivity index (χ1v) is 12.6. The Hall–Kier alpha value is -3.63. The van der Waals surface area contributed by atoms with E-state index in [-0.39, 0.29) is 24.1 Å². The number of benzene rings is 2. The number of hydrogen-bond acceptors (Lipinski definition) is 6. The van der Waals surface area contributed by atoms with Crippen molar-refractivity contribution >= 4 is 46.8 Å². The molecule has 5 rings (SSSR count). The van der Waals surface area contributed by atoms with Crippen LogP contribution < -0.4 is 11.1 Å². The van der Waals surface area contributed by atoms with Gasteiger partial charge < -0.3 is 25.6 Å². The highest BCUT2D eigenvalue weighted by atomic mass is 35.5. The number of carboxylic acid groups (broad SMARTS) is 1. The number of amides is 1. The molecule has 1 amide bonds. The minimum Gasteiger partial charge on any atom is -0.480 e. The zero-order chi connectivity index (χ0) is 26.3. The molecular formula is C27H34ClN7O3. The van der Waals surface area contributed by atoms with Gasteiger partial charge in [-0.2, -0.15) is 0 Å². The Morgan fingerprint density at radius 3 is 2.42 bits per heavy atom. The van der Waals surface area contributed by atoms with Crippen molar-refractivity contribution < 1.29 is 14.7 Å². The number of nitrogen functional groups attached to an aromatic ring is 1. The van der Waals surface area contributed by atoms with Crippen molar-refractivity contribution in [1.29, 1.82) is 5.41 Å². The van der Waals surface area contributed by atoms with Crippen molar-refractivity contribution in [3.63, 3.8) is 0 Å². The van der Waals surface area contributed by atoms with Gasteiger partial charge in [0.05, 0.1) is 17.6 Å². The molecule has 202 valence electrons. The first-order chi connectivity index (χ1) is 17.7. The van der Waals surface area contributed by atoms with E-state index < -0.39 is 17.6 Å². The van der Waals surface area contributed by atoms with Crippen LogP contribution in [0.4, 0.5) is 5.69 Å². The molecule has 0 saturated carbocycles. The Bertz CT molecular complexity index is 1370. The monoisotopic (exact) mass is 539 g/mol. The Balaban J connectivity index is 0.00000336. The van der Waals surface area contributed by atoms with Crippen LogP contribution in [0.2, 0.25) is 0 Å². The standard InChI is InChI=1S/C27H33N7O3.ClH/c1-27(26(37)33-12-3-4-13-33,34-14-11-22(34)25(35)36)18-7-10-21-20(15-18)31-23(32(21)2)16-30-19-8-5-17(6-9-19)24(28)29;/h5-10,15,22,30H,3-4,11-14,16H2,1-2H3,(H3,28,29)(H,35,36);1H. The zero-order valence-electron chi connectivity index (χ0n) is 21.6. The number of aliphatic carboxylic acids is 1. The van der Waals surface area contributed by atoms with Gasteiger partial charge in [-0.15, -0.1) is 12.4 Å². The molecule has 5 N–H and O–H groups in total. The van der Waals surface area contributed by atoms with Crippen molar-refractivity contribution in [1.82, 2.24) is 19.4 Å². The number of amidine groups is 1. The molecule has 0 aliphatic carbocycles. The van der Waals surface area contributed by atoms with Gasteiger partial charge in [0.15, 0.2) is 0 Å². The maximum atomic E-state index is 13.8. The van der Waals surface area contributed by atoms with Crippen LogP contribution in [-0.4, -0.2) is 67.8 Å². The topological polar surface area (TPSA) is 141 Å². The Morgan fingerprint density at radius 1 is 1.16 bits per heavy atom. The molecule has 3 heterocycles. The van der Waals surface area contributed by atoms with E-state index in [4.69, 9.17) is 16.1 Å². The Kier molecular flexibility index (Phi) is 7.66. The maximum Gasteiger partial charge on any atom is 0.321 e. The lowest BCUT2D eigenvalue weighted by atomic mass is 9.82. The summed E-state index contributed by atoms with van der Waals surface area (Å²) < 4.78 is 2.01. The maximum absolute atomic E-state index is 13.8. The van der Waals surface area contributed by atoms with E-state index in [1.54, 1.807) is 12.1 Å². The van der Waals surface area contributed by atoms with Crippen LogP contribution in [-0.2, 0) is 28.7 Å². The number of fused-ring (bicyclic) bond motifs is 1. The second-order valence-corrected chi connectivity index (χ2v) is 10.0. The molecule has 11 heteroatoms. The molecule has 3 aromatic rings. The second kappa shape index (κ2) is 10.6. The minimum absolute atomic E-state index is 0. The van der Waals surface area contributed by atoms with Gasteiger partial charge in [0.2, 0.25) is 5.91 Å². The van der Waals surface area contributed by atoms with Crippen molar-refractivity contribution in [3.8, 4) is 0 Å². The number of carboxylic acids is 1. The van der Waals surface area contributed by atoms with Gasteiger partial charge in [0.25, 0.3) is 0 Å². The fourth-order valence-electron chi connectivity index (χ4n) is 5.48. The highest BCUT2D eigenvalue weighted by Gasteiger charge is 2.52. The summed E-state index contributed by atoms with van der Waals surface area (Å²) in [6.45, 7) is 4.31. The van der Waals surface area contributed by atoms with Gasteiger partial charge >= 0.3 is 5.97 Å².